The van der Waals surface area contributed by atoms with Gasteiger partial charge < -0.3 is 44.6 Å². The van der Waals surface area contributed by atoms with Gasteiger partial charge in [0.25, 0.3) is 23.6 Å². The second kappa shape index (κ2) is 17.1. The molecule has 4 N–H and O–H groups in total. The summed E-state index contributed by atoms with van der Waals surface area (Å²) in [5.41, 5.74) is 2.71. The quantitative estimate of drug-likeness (QED) is 0.141. The molecule has 288 valence electrons. The fourth-order valence-electron chi connectivity index (χ4n) is 7.14. The van der Waals surface area contributed by atoms with Gasteiger partial charge in [-0.05, 0) is 55.6 Å². The fourth-order valence-corrected chi connectivity index (χ4v) is 7.14. The summed E-state index contributed by atoms with van der Waals surface area (Å²) in [4.78, 5) is 62.3. The number of fused-ring (bicyclic) bond motifs is 1. The Bertz CT molecular complexity index is 2170. The average Bonchev–Trinajstić information content (AvgIpc) is 3.89. The molecule has 1 aromatic carbocycles. The minimum Gasteiger partial charge on any atom is -0.379 e. The molecule has 0 atom stereocenters. The molecule has 0 spiro atoms. The van der Waals surface area contributed by atoms with Crippen molar-refractivity contribution in [1.29, 1.82) is 0 Å². The summed E-state index contributed by atoms with van der Waals surface area (Å²) in [6, 6.07) is 14.3. The molecular formula is C40H48N10O5. The van der Waals surface area contributed by atoms with Gasteiger partial charge in [0.1, 0.15) is 22.8 Å². The van der Waals surface area contributed by atoms with Crippen LogP contribution in [0.3, 0.4) is 0 Å². The van der Waals surface area contributed by atoms with Crippen molar-refractivity contribution in [2.75, 3.05) is 75.0 Å². The highest BCUT2D eigenvalue weighted by atomic mass is 16.5. The zero-order valence-electron chi connectivity index (χ0n) is 31.3. The highest BCUT2D eigenvalue weighted by Crippen LogP contribution is 2.21. The van der Waals surface area contributed by atoms with Gasteiger partial charge in [0.15, 0.2) is 0 Å². The number of aromatic nitrogens is 4. The number of piperidine rings is 1. The predicted octanol–water partition coefficient (Wildman–Crippen LogP) is 4.02. The van der Waals surface area contributed by atoms with E-state index in [2.05, 4.69) is 36.1 Å². The molecule has 55 heavy (non-hydrogen) atoms. The lowest BCUT2D eigenvalue weighted by Crippen LogP contribution is -2.39. The lowest BCUT2D eigenvalue weighted by molar-refractivity contribution is 0.0363. The molecule has 6 heterocycles. The number of pyridine rings is 1. The largest absolute Gasteiger partial charge is 0.379 e. The lowest BCUT2D eigenvalue weighted by Gasteiger charge is -2.27. The maximum Gasteiger partial charge on any atom is 0.274 e. The number of likely N-dealkylation sites (tertiary alicyclic amines) is 1. The molecule has 2 fully saturated rings. The Balaban J connectivity index is 0.985. The minimum absolute atomic E-state index is 0.183. The molecule has 5 aromatic rings. The highest BCUT2D eigenvalue weighted by Gasteiger charge is 2.21. The zero-order valence-corrected chi connectivity index (χ0v) is 31.3. The summed E-state index contributed by atoms with van der Waals surface area (Å²) < 4.78 is 10.6. The maximum absolute atomic E-state index is 13.6. The molecule has 0 unspecified atom stereocenters. The Morgan fingerprint density at radius 3 is 1.89 bits per heavy atom. The van der Waals surface area contributed by atoms with E-state index in [9.17, 15) is 19.2 Å². The van der Waals surface area contributed by atoms with Gasteiger partial charge >= 0.3 is 0 Å². The Hall–Kier alpha value is -5.77. The molecule has 15 nitrogen and oxygen atoms in total. The first kappa shape index (κ1) is 37.5. The maximum atomic E-state index is 13.6. The summed E-state index contributed by atoms with van der Waals surface area (Å²) in [7, 11) is 3.43. The average molecular weight is 749 g/mol. The summed E-state index contributed by atoms with van der Waals surface area (Å²) in [6.45, 7) is 7.84. The van der Waals surface area contributed by atoms with E-state index in [4.69, 9.17) is 4.74 Å². The number of anilines is 3. The predicted molar refractivity (Wildman–Crippen MR) is 211 cm³/mol. The number of carbonyl (C=O) groups is 4. The zero-order chi connectivity index (χ0) is 38.3. The Kier molecular flexibility index (Phi) is 11.7. The summed E-state index contributed by atoms with van der Waals surface area (Å²) >= 11 is 0. The van der Waals surface area contributed by atoms with Crippen LogP contribution in [-0.2, 0) is 25.4 Å². The number of nitrogens with zero attached hydrogens (tertiary/aromatic N) is 6. The van der Waals surface area contributed by atoms with E-state index < -0.39 is 17.7 Å². The van der Waals surface area contributed by atoms with Crippen LogP contribution in [0.4, 0.5) is 17.1 Å². The molecule has 0 aliphatic carbocycles. The normalized spacial score (nSPS) is 15.2. The number of nitrogens with one attached hydrogen (secondary N) is 4. The van der Waals surface area contributed by atoms with Gasteiger partial charge in [-0.2, -0.15) is 0 Å². The third kappa shape index (κ3) is 9.31. The third-order valence-electron chi connectivity index (χ3n) is 10.2. The number of hydrogen-bond acceptors (Lipinski definition) is 8. The van der Waals surface area contributed by atoms with Gasteiger partial charge in [0.05, 0.1) is 30.3 Å². The molecule has 4 aromatic heterocycles. The second-order valence-electron chi connectivity index (χ2n) is 14.1. The first-order valence-electron chi connectivity index (χ1n) is 18.8. The molecule has 2 saturated heterocycles. The summed E-state index contributed by atoms with van der Waals surface area (Å²) in [5, 5.41) is 13.5. The Morgan fingerprint density at radius 1 is 0.636 bits per heavy atom. The van der Waals surface area contributed by atoms with Crippen molar-refractivity contribution in [3.05, 3.63) is 96.1 Å². The molecule has 2 aliphatic heterocycles. The van der Waals surface area contributed by atoms with Crippen molar-refractivity contribution in [2.45, 2.75) is 25.8 Å². The van der Waals surface area contributed by atoms with Crippen LogP contribution in [0.2, 0.25) is 0 Å². The third-order valence-corrected chi connectivity index (χ3v) is 10.2. The van der Waals surface area contributed by atoms with Gasteiger partial charge in [-0.1, -0.05) is 30.7 Å². The summed E-state index contributed by atoms with van der Waals surface area (Å²) in [5.74, 6) is -1.39. The molecule has 15 heteroatoms. The van der Waals surface area contributed by atoms with Crippen LogP contribution in [0.25, 0.3) is 10.8 Å². The highest BCUT2D eigenvalue weighted by molar-refractivity contribution is 6.09. The SMILES string of the molecule is Cn1cc(NC(=O)c2cc3ccccc3cn2)cc1C(=O)Nc1cc(C(=O)Nc2cc(C(=O)NCCN3CCCCC3)n(CCN3CCOCC3)c2)n(C)c1. The number of aryl methyl sites for hydroxylation is 2. The van der Waals surface area contributed by atoms with Crippen LogP contribution < -0.4 is 21.3 Å². The van der Waals surface area contributed by atoms with E-state index in [1.807, 2.05) is 28.8 Å². The van der Waals surface area contributed by atoms with Crippen LogP contribution in [0.5, 0.6) is 0 Å². The number of ether oxygens (including phenoxy) is 1. The van der Waals surface area contributed by atoms with Crippen molar-refractivity contribution in [3.63, 3.8) is 0 Å². The molecule has 4 amide bonds. The van der Waals surface area contributed by atoms with Crippen molar-refractivity contribution in [2.24, 2.45) is 14.1 Å². The lowest BCUT2D eigenvalue weighted by atomic mass is 10.1. The number of carbonyl (C=O) groups excluding carboxylic acids is 4. The smallest absolute Gasteiger partial charge is 0.274 e. The van der Waals surface area contributed by atoms with E-state index in [0.29, 0.717) is 60.4 Å². The van der Waals surface area contributed by atoms with Crippen LogP contribution in [0.15, 0.2) is 73.3 Å². The fraction of sp³-hybridized carbons (Fsp3) is 0.375. The van der Waals surface area contributed by atoms with Gasteiger partial charge in [0.2, 0.25) is 0 Å². The van der Waals surface area contributed by atoms with Crippen LogP contribution in [0.1, 0.15) is 61.2 Å². The Labute approximate surface area is 319 Å². The second-order valence-corrected chi connectivity index (χ2v) is 14.1. The number of benzene rings is 1. The molecular weight excluding hydrogens is 701 g/mol. The van der Waals surface area contributed by atoms with Gasteiger partial charge in [0, 0.05) is 83.5 Å². The topological polar surface area (TPSA) is 160 Å². The number of amides is 4. The first-order chi connectivity index (χ1) is 26.7. The monoisotopic (exact) mass is 748 g/mol. The van der Waals surface area contributed by atoms with E-state index in [1.165, 1.54) is 19.3 Å². The summed E-state index contributed by atoms with van der Waals surface area (Å²) in [6.07, 6.45) is 10.4. The molecule has 2 aliphatic rings. The van der Waals surface area contributed by atoms with Gasteiger partial charge in [-0.25, -0.2) is 0 Å². The molecule has 7 rings (SSSR count). The molecule has 0 saturated carbocycles. The minimum atomic E-state index is -0.419. The Morgan fingerprint density at radius 2 is 1.22 bits per heavy atom. The van der Waals surface area contributed by atoms with E-state index in [0.717, 1.165) is 50.0 Å². The van der Waals surface area contributed by atoms with Gasteiger partial charge in [-0.15, -0.1) is 0 Å². The number of rotatable bonds is 13. The number of hydrogen-bond donors (Lipinski definition) is 4. The van der Waals surface area contributed by atoms with Crippen LogP contribution in [0, 0.1) is 0 Å². The van der Waals surface area contributed by atoms with Gasteiger partial charge in [-0.3, -0.25) is 29.1 Å². The number of morpholine rings is 1. The standard InChI is InChI=1S/C40H48N10O5/c1-46-25-30(43-37(51)33-20-28-8-4-5-9-29(28)24-42-33)21-34(46)39(53)44-31-22-35(47(2)26-31)40(54)45-32-23-36(38(52)41-10-13-48-11-6-3-7-12-48)50(27-32)15-14-49-16-18-55-19-17-49/h4-5,8-9,20-27H,3,6-7,10-19H2,1-2H3,(H,41,52)(H,43,51)(H,44,53)(H,45,54). The van der Waals surface area contributed by atoms with Crippen LogP contribution >= 0.6 is 0 Å². The van der Waals surface area contributed by atoms with E-state index in [-0.39, 0.29) is 11.6 Å². The van der Waals surface area contributed by atoms with Crippen molar-refractivity contribution in [3.8, 4) is 0 Å². The molecule has 0 radical (unpaired) electrons. The first-order valence-corrected chi connectivity index (χ1v) is 18.8. The van der Waals surface area contributed by atoms with Crippen molar-refractivity contribution >= 4 is 51.5 Å². The molecule has 0 bridgehead atoms. The van der Waals surface area contributed by atoms with Crippen molar-refractivity contribution < 1.29 is 23.9 Å². The van der Waals surface area contributed by atoms with E-state index in [1.54, 1.807) is 72.3 Å². The van der Waals surface area contributed by atoms with Crippen molar-refractivity contribution in [1.82, 2.24) is 33.8 Å². The van der Waals surface area contributed by atoms with Crippen LogP contribution in [-0.4, -0.2) is 111 Å². The van der Waals surface area contributed by atoms with E-state index >= 15 is 0 Å².